The van der Waals surface area contributed by atoms with Crippen LogP contribution in [0.1, 0.15) is 11.1 Å². The Morgan fingerprint density at radius 3 is 2.32 bits per heavy atom. The van der Waals surface area contributed by atoms with Crippen LogP contribution in [0.2, 0.25) is 0 Å². The lowest BCUT2D eigenvalue weighted by molar-refractivity contribution is -0.121. The number of rotatable bonds is 10. The van der Waals surface area contributed by atoms with Gasteiger partial charge in [0.15, 0.2) is 11.5 Å². The van der Waals surface area contributed by atoms with E-state index in [1.54, 1.807) is 43.9 Å². The van der Waals surface area contributed by atoms with Crippen LogP contribution in [-0.4, -0.2) is 41.7 Å². The molecule has 11 heteroatoms. The highest BCUT2D eigenvalue weighted by atomic mass is 32.1. The molecule has 0 atom stereocenters. The summed E-state index contributed by atoms with van der Waals surface area (Å²) < 4.78 is 12.9. The number of amides is 2. The van der Waals surface area contributed by atoms with E-state index in [-0.39, 0.29) is 13.1 Å². The summed E-state index contributed by atoms with van der Waals surface area (Å²) in [5.41, 5.74) is 1.63. The number of anilines is 1. The van der Waals surface area contributed by atoms with E-state index < -0.39 is 29.6 Å². The Hall–Kier alpha value is -4.38. The van der Waals surface area contributed by atoms with Crippen LogP contribution in [0, 0.1) is 6.92 Å². The molecule has 0 spiro atoms. The summed E-state index contributed by atoms with van der Waals surface area (Å²) in [6.07, 6.45) is 0.508. The van der Waals surface area contributed by atoms with Gasteiger partial charge in [-0.05, 0) is 54.6 Å². The van der Waals surface area contributed by atoms with E-state index in [1.165, 1.54) is 4.57 Å². The summed E-state index contributed by atoms with van der Waals surface area (Å²) in [5.74, 6) is 0.274. The lowest BCUT2D eigenvalue weighted by Crippen LogP contribution is -2.44. The molecule has 2 N–H and O–H groups in total. The summed E-state index contributed by atoms with van der Waals surface area (Å²) >= 11 is 1.15. The molecule has 0 radical (unpaired) electrons. The Morgan fingerprint density at radius 1 is 0.895 bits per heavy atom. The van der Waals surface area contributed by atoms with Crippen molar-refractivity contribution in [2.75, 3.05) is 26.1 Å². The molecule has 4 aromatic rings. The third-order valence-electron chi connectivity index (χ3n) is 5.96. The molecule has 2 amide bonds. The fourth-order valence-corrected chi connectivity index (χ4v) is 4.83. The zero-order valence-corrected chi connectivity index (χ0v) is 22.1. The first-order valence-corrected chi connectivity index (χ1v) is 12.7. The number of benzene rings is 2. The smallest absolute Gasteiger partial charge is 0.332 e. The highest BCUT2D eigenvalue weighted by Gasteiger charge is 2.18. The topological polar surface area (TPSA) is 121 Å². The van der Waals surface area contributed by atoms with Crippen molar-refractivity contribution >= 4 is 39.1 Å². The van der Waals surface area contributed by atoms with Gasteiger partial charge >= 0.3 is 5.69 Å². The molecule has 0 saturated heterocycles. The first kappa shape index (κ1) is 26.7. The van der Waals surface area contributed by atoms with E-state index in [9.17, 15) is 19.2 Å². The molecular formula is C27H28N4O6S. The number of hydrogen-bond acceptors (Lipinski definition) is 7. The van der Waals surface area contributed by atoms with Gasteiger partial charge in [0.1, 0.15) is 17.8 Å². The maximum absolute atomic E-state index is 13.2. The van der Waals surface area contributed by atoms with Crippen LogP contribution in [0.25, 0.3) is 10.2 Å². The summed E-state index contributed by atoms with van der Waals surface area (Å²) in [6, 6.07) is 14.3. The molecule has 2 aromatic heterocycles. The predicted octanol–water partition coefficient (Wildman–Crippen LogP) is 2.55. The predicted molar refractivity (Wildman–Crippen MR) is 146 cm³/mol. The first-order valence-electron chi connectivity index (χ1n) is 11.9. The van der Waals surface area contributed by atoms with Gasteiger partial charge in [-0.2, -0.15) is 0 Å². The van der Waals surface area contributed by atoms with Crippen molar-refractivity contribution in [3.8, 4) is 11.5 Å². The van der Waals surface area contributed by atoms with Gasteiger partial charge in [0.05, 0.1) is 19.7 Å². The number of ether oxygens (including phenoxy) is 2. The minimum atomic E-state index is -0.727. The second-order valence-electron chi connectivity index (χ2n) is 8.60. The molecule has 0 aliphatic rings. The Balaban J connectivity index is 1.47. The van der Waals surface area contributed by atoms with Crippen molar-refractivity contribution in [3.63, 3.8) is 0 Å². The maximum atomic E-state index is 13.2. The largest absolute Gasteiger partial charge is 0.493 e. The second kappa shape index (κ2) is 11.8. The van der Waals surface area contributed by atoms with E-state index in [4.69, 9.17) is 9.47 Å². The normalized spacial score (nSPS) is 10.8. The van der Waals surface area contributed by atoms with Crippen LogP contribution in [0.3, 0.4) is 0 Å². The van der Waals surface area contributed by atoms with Crippen LogP contribution >= 0.6 is 11.3 Å². The summed E-state index contributed by atoms with van der Waals surface area (Å²) in [6.45, 7) is 1.46. The SMILES string of the molecule is COc1ccc(CCNC(=O)Cn2c(=O)c3sccc3n(CC(=O)Nc3ccc(C)cc3)c2=O)cc1OC. The number of carbonyl (C=O) groups excluding carboxylic acids is 2. The van der Waals surface area contributed by atoms with Gasteiger partial charge in [-0.3, -0.25) is 19.0 Å². The average molecular weight is 537 g/mol. The van der Waals surface area contributed by atoms with Crippen molar-refractivity contribution in [3.05, 3.63) is 85.9 Å². The fourth-order valence-electron chi connectivity index (χ4n) is 3.99. The maximum Gasteiger partial charge on any atom is 0.332 e. The van der Waals surface area contributed by atoms with Gasteiger partial charge in [0, 0.05) is 12.2 Å². The molecule has 2 heterocycles. The van der Waals surface area contributed by atoms with Gasteiger partial charge in [-0.15, -0.1) is 11.3 Å². The standard InChI is InChI=1S/C27H28N4O6S/c1-17-4-7-19(8-5-17)29-24(33)16-30-20-11-13-38-25(20)26(34)31(27(30)35)15-23(32)28-12-10-18-6-9-21(36-2)22(14-18)37-3/h4-9,11,13-14H,10,12,15-16H2,1-3H3,(H,28,32)(H,29,33). The molecule has 0 aliphatic carbocycles. The number of aryl methyl sites for hydroxylation is 1. The van der Waals surface area contributed by atoms with Gasteiger partial charge < -0.3 is 20.1 Å². The molecular weight excluding hydrogens is 508 g/mol. The van der Waals surface area contributed by atoms with Crippen LogP contribution in [0.5, 0.6) is 11.5 Å². The van der Waals surface area contributed by atoms with Crippen LogP contribution in [-0.2, 0) is 29.1 Å². The number of hydrogen-bond donors (Lipinski definition) is 2. The first-order chi connectivity index (χ1) is 18.3. The minimum absolute atomic E-state index is 0.289. The molecule has 4 rings (SSSR count). The van der Waals surface area contributed by atoms with Crippen LogP contribution in [0.4, 0.5) is 5.69 Å². The number of methoxy groups -OCH3 is 2. The summed E-state index contributed by atoms with van der Waals surface area (Å²) in [4.78, 5) is 51.6. The molecule has 198 valence electrons. The lowest BCUT2D eigenvalue weighted by Gasteiger charge is -2.13. The molecule has 10 nitrogen and oxygen atoms in total. The molecule has 0 unspecified atom stereocenters. The van der Waals surface area contributed by atoms with E-state index >= 15 is 0 Å². The zero-order chi connectivity index (χ0) is 27.2. The monoisotopic (exact) mass is 536 g/mol. The second-order valence-corrected chi connectivity index (χ2v) is 9.51. The fraction of sp³-hybridized carbons (Fsp3) is 0.259. The van der Waals surface area contributed by atoms with E-state index in [0.717, 1.165) is 27.0 Å². The average Bonchev–Trinajstić information content (AvgIpc) is 3.40. The molecule has 38 heavy (non-hydrogen) atoms. The molecule has 0 saturated carbocycles. The van der Waals surface area contributed by atoms with Gasteiger partial charge in [0.25, 0.3) is 5.56 Å². The van der Waals surface area contributed by atoms with Crippen LogP contribution < -0.4 is 31.4 Å². The van der Waals surface area contributed by atoms with E-state index in [0.29, 0.717) is 33.8 Å². The van der Waals surface area contributed by atoms with Crippen molar-refractivity contribution in [1.29, 1.82) is 0 Å². The van der Waals surface area contributed by atoms with Gasteiger partial charge in [-0.1, -0.05) is 23.8 Å². The number of nitrogens with zero attached hydrogens (tertiary/aromatic N) is 2. The van der Waals surface area contributed by atoms with Crippen LogP contribution in [0.15, 0.2) is 63.5 Å². The van der Waals surface area contributed by atoms with E-state index in [2.05, 4.69) is 10.6 Å². The van der Waals surface area contributed by atoms with Gasteiger partial charge in [-0.25, -0.2) is 9.36 Å². The van der Waals surface area contributed by atoms with Crippen molar-refractivity contribution in [1.82, 2.24) is 14.5 Å². The third kappa shape index (κ3) is 5.94. The summed E-state index contributed by atoms with van der Waals surface area (Å²) in [7, 11) is 3.10. The van der Waals surface area contributed by atoms with Crippen molar-refractivity contribution in [2.45, 2.75) is 26.4 Å². The quantitative estimate of drug-likeness (QED) is 0.321. The lowest BCUT2D eigenvalue weighted by atomic mass is 10.1. The third-order valence-corrected chi connectivity index (χ3v) is 6.85. The molecule has 0 aliphatic heterocycles. The Kier molecular flexibility index (Phi) is 8.27. The van der Waals surface area contributed by atoms with Crippen molar-refractivity contribution in [2.24, 2.45) is 0 Å². The molecule has 0 bridgehead atoms. The number of nitrogens with one attached hydrogen (secondary N) is 2. The minimum Gasteiger partial charge on any atom is -0.493 e. The number of aromatic nitrogens is 2. The number of thiophene rings is 1. The summed E-state index contributed by atoms with van der Waals surface area (Å²) in [5, 5.41) is 7.18. The Morgan fingerprint density at radius 2 is 1.61 bits per heavy atom. The molecule has 0 fully saturated rings. The highest BCUT2D eigenvalue weighted by Crippen LogP contribution is 2.27. The van der Waals surface area contributed by atoms with E-state index in [1.807, 2.05) is 31.2 Å². The Bertz CT molecular complexity index is 1590. The number of fused-ring (bicyclic) bond motifs is 1. The van der Waals surface area contributed by atoms with Gasteiger partial charge in [0.2, 0.25) is 11.8 Å². The Labute approximate surface area is 222 Å². The highest BCUT2D eigenvalue weighted by molar-refractivity contribution is 7.17. The molecule has 2 aromatic carbocycles. The zero-order valence-electron chi connectivity index (χ0n) is 21.3. The number of carbonyl (C=O) groups is 2. The van der Waals surface area contributed by atoms with Crippen molar-refractivity contribution < 1.29 is 19.1 Å².